The molecule has 0 radical (unpaired) electrons. The molecule has 1 N–H and O–H groups in total. The molecule has 0 fully saturated rings. The number of aromatic nitrogens is 2. The lowest BCUT2D eigenvalue weighted by atomic mass is 10.0. The Hall–Kier alpha value is -2.70. The van der Waals surface area contributed by atoms with Crippen LogP contribution in [0.4, 0.5) is 0 Å². The van der Waals surface area contributed by atoms with Gasteiger partial charge in [0, 0.05) is 38.4 Å². The number of aryl methyl sites for hydroxylation is 1. The monoisotopic (exact) mass is 359 g/mol. The minimum atomic E-state index is -0.856. The first-order chi connectivity index (χ1) is 12.4. The minimum absolute atomic E-state index is 0.0558. The van der Waals surface area contributed by atoms with Crippen LogP contribution in [0, 0.1) is 0 Å². The highest BCUT2D eigenvalue weighted by Crippen LogP contribution is 2.20. The van der Waals surface area contributed by atoms with Crippen LogP contribution in [0.5, 0.6) is 0 Å². The van der Waals surface area contributed by atoms with Crippen LogP contribution in [0.1, 0.15) is 50.5 Å². The van der Waals surface area contributed by atoms with Crippen LogP contribution in [0.25, 0.3) is 11.4 Å². The molecule has 140 valence electrons. The SMILES string of the molecule is CC(C)c1ccc(-c2noc(CCC(=O)N(C)CCCC(=O)O)n2)cc1. The fourth-order valence-corrected chi connectivity index (χ4v) is 2.49. The smallest absolute Gasteiger partial charge is 0.303 e. The van der Waals surface area contributed by atoms with Crippen LogP contribution in [0.15, 0.2) is 28.8 Å². The van der Waals surface area contributed by atoms with Crippen molar-refractivity contribution >= 4 is 11.9 Å². The van der Waals surface area contributed by atoms with Crippen molar-refractivity contribution in [3.05, 3.63) is 35.7 Å². The maximum absolute atomic E-state index is 12.1. The third-order valence-electron chi connectivity index (χ3n) is 4.17. The van der Waals surface area contributed by atoms with Crippen molar-refractivity contribution in [3.63, 3.8) is 0 Å². The van der Waals surface area contributed by atoms with E-state index in [1.807, 2.05) is 24.3 Å². The first-order valence-corrected chi connectivity index (χ1v) is 8.75. The summed E-state index contributed by atoms with van der Waals surface area (Å²) in [4.78, 5) is 28.4. The second-order valence-corrected chi connectivity index (χ2v) is 6.60. The fourth-order valence-electron chi connectivity index (χ4n) is 2.49. The van der Waals surface area contributed by atoms with Crippen molar-refractivity contribution in [2.24, 2.45) is 0 Å². The van der Waals surface area contributed by atoms with Gasteiger partial charge in [-0.25, -0.2) is 0 Å². The molecule has 1 aromatic heterocycles. The highest BCUT2D eigenvalue weighted by atomic mass is 16.5. The van der Waals surface area contributed by atoms with Crippen molar-refractivity contribution < 1.29 is 19.2 Å². The average molecular weight is 359 g/mol. The van der Waals surface area contributed by atoms with Gasteiger partial charge < -0.3 is 14.5 Å². The fraction of sp³-hybridized carbons (Fsp3) is 0.474. The molecule has 0 saturated heterocycles. The molecule has 0 aliphatic carbocycles. The first kappa shape index (κ1) is 19.6. The van der Waals surface area contributed by atoms with Gasteiger partial charge in [0.05, 0.1) is 0 Å². The molecule has 26 heavy (non-hydrogen) atoms. The van der Waals surface area contributed by atoms with E-state index in [9.17, 15) is 9.59 Å². The van der Waals surface area contributed by atoms with E-state index in [1.54, 1.807) is 7.05 Å². The summed E-state index contributed by atoms with van der Waals surface area (Å²) in [5, 5.41) is 12.6. The Labute approximate surface area is 153 Å². The Bertz CT molecular complexity index is 737. The Morgan fingerprint density at radius 3 is 2.50 bits per heavy atom. The largest absolute Gasteiger partial charge is 0.481 e. The molecule has 1 aromatic carbocycles. The summed E-state index contributed by atoms with van der Waals surface area (Å²) in [5.74, 6) is 0.461. The molecule has 1 heterocycles. The van der Waals surface area contributed by atoms with Crippen LogP contribution in [-0.2, 0) is 16.0 Å². The van der Waals surface area contributed by atoms with Gasteiger partial charge >= 0.3 is 5.97 Å². The first-order valence-electron chi connectivity index (χ1n) is 8.75. The number of hydrogen-bond acceptors (Lipinski definition) is 5. The molecular formula is C19H25N3O4. The Morgan fingerprint density at radius 2 is 1.88 bits per heavy atom. The maximum Gasteiger partial charge on any atom is 0.303 e. The van der Waals surface area contributed by atoms with Gasteiger partial charge in [-0.2, -0.15) is 4.98 Å². The number of benzene rings is 1. The summed E-state index contributed by atoms with van der Waals surface area (Å²) in [5.41, 5.74) is 2.12. The summed E-state index contributed by atoms with van der Waals surface area (Å²) in [6, 6.07) is 8.02. The van der Waals surface area contributed by atoms with Crippen molar-refractivity contribution in [1.29, 1.82) is 0 Å². The third kappa shape index (κ3) is 5.68. The van der Waals surface area contributed by atoms with Crippen molar-refractivity contribution in [1.82, 2.24) is 15.0 Å². The molecule has 0 atom stereocenters. The predicted octanol–water partition coefficient (Wildman–Crippen LogP) is 3.12. The summed E-state index contributed by atoms with van der Waals surface area (Å²) >= 11 is 0. The normalized spacial score (nSPS) is 10.9. The van der Waals surface area contributed by atoms with E-state index in [4.69, 9.17) is 9.63 Å². The van der Waals surface area contributed by atoms with Gasteiger partial charge in [-0.05, 0) is 17.9 Å². The van der Waals surface area contributed by atoms with E-state index in [-0.39, 0.29) is 18.7 Å². The summed E-state index contributed by atoms with van der Waals surface area (Å²) < 4.78 is 5.23. The summed E-state index contributed by atoms with van der Waals surface area (Å²) in [6.07, 6.45) is 1.10. The van der Waals surface area contributed by atoms with Crippen LogP contribution < -0.4 is 0 Å². The average Bonchev–Trinajstić information content (AvgIpc) is 3.08. The zero-order valence-corrected chi connectivity index (χ0v) is 15.4. The van der Waals surface area contributed by atoms with Gasteiger partial charge in [0.1, 0.15) is 0 Å². The second-order valence-electron chi connectivity index (χ2n) is 6.60. The molecule has 7 nitrogen and oxygen atoms in total. The van der Waals surface area contributed by atoms with Crippen LogP contribution in [0.2, 0.25) is 0 Å². The molecule has 7 heteroatoms. The van der Waals surface area contributed by atoms with Crippen LogP contribution in [-0.4, -0.2) is 45.6 Å². The van der Waals surface area contributed by atoms with Gasteiger partial charge in [-0.1, -0.05) is 43.3 Å². The molecule has 0 aliphatic heterocycles. The lowest BCUT2D eigenvalue weighted by Gasteiger charge is -2.15. The number of amides is 1. The molecule has 2 rings (SSSR count). The number of rotatable bonds is 9. The highest BCUT2D eigenvalue weighted by Gasteiger charge is 2.14. The number of carbonyl (C=O) groups excluding carboxylic acids is 1. The standard InChI is InChI=1S/C19H25N3O4/c1-13(2)14-6-8-15(9-7-14)19-20-16(26-21-19)10-11-17(23)22(3)12-4-5-18(24)25/h6-9,13H,4-5,10-12H2,1-3H3,(H,24,25). The Balaban J connectivity index is 1.86. The number of carboxylic acid groups (broad SMARTS) is 1. The lowest BCUT2D eigenvalue weighted by molar-refractivity contribution is -0.138. The molecule has 0 saturated carbocycles. The number of carboxylic acids is 1. The molecule has 0 spiro atoms. The topological polar surface area (TPSA) is 96.5 Å². The van der Waals surface area contributed by atoms with Gasteiger partial charge in [0.2, 0.25) is 17.6 Å². The van der Waals surface area contributed by atoms with E-state index in [0.717, 1.165) is 5.56 Å². The zero-order chi connectivity index (χ0) is 19.1. The summed E-state index contributed by atoms with van der Waals surface area (Å²) in [6.45, 7) is 4.69. The number of hydrogen-bond donors (Lipinski definition) is 1. The Morgan fingerprint density at radius 1 is 1.19 bits per heavy atom. The lowest BCUT2D eigenvalue weighted by Crippen LogP contribution is -2.28. The van der Waals surface area contributed by atoms with E-state index < -0.39 is 5.97 Å². The molecule has 0 unspecified atom stereocenters. The zero-order valence-electron chi connectivity index (χ0n) is 15.4. The third-order valence-corrected chi connectivity index (χ3v) is 4.17. The quantitative estimate of drug-likeness (QED) is 0.739. The Kier molecular flexibility index (Phi) is 6.89. The van der Waals surface area contributed by atoms with Gasteiger partial charge in [0.25, 0.3) is 0 Å². The van der Waals surface area contributed by atoms with Crippen molar-refractivity contribution in [2.75, 3.05) is 13.6 Å². The van der Waals surface area contributed by atoms with Gasteiger partial charge in [0.15, 0.2) is 0 Å². The van der Waals surface area contributed by atoms with Gasteiger partial charge in [-0.3, -0.25) is 9.59 Å². The second kappa shape index (κ2) is 9.12. The van der Waals surface area contributed by atoms with E-state index in [0.29, 0.717) is 37.0 Å². The van der Waals surface area contributed by atoms with E-state index in [1.165, 1.54) is 10.5 Å². The van der Waals surface area contributed by atoms with E-state index in [2.05, 4.69) is 24.0 Å². The highest BCUT2D eigenvalue weighted by molar-refractivity contribution is 5.76. The van der Waals surface area contributed by atoms with Gasteiger partial charge in [-0.15, -0.1) is 0 Å². The van der Waals surface area contributed by atoms with Crippen molar-refractivity contribution in [2.45, 2.75) is 45.4 Å². The molecule has 1 amide bonds. The minimum Gasteiger partial charge on any atom is -0.481 e. The van der Waals surface area contributed by atoms with Crippen LogP contribution >= 0.6 is 0 Å². The van der Waals surface area contributed by atoms with Crippen LogP contribution in [0.3, 0.4) is 0 Å². The molecule has 0 bridgehead atoms. The number of nitrogens with zero attached hydrogens (tertiary/aromatic N) is 3. The van der Waals surface area contributed by atoms with Crippen molar-refractivity contribution in [3.8, 4) is 11.4 Å². The maximum atomic E-state index is 12.1. The van der Waals surface area contributed by atoms with E-state index >= 15 is 0 Å². The predicted molar refractivity (Wildman–Crippen MR) is 96.7 cm³/mol. The number of carbonyl (C=O) groups is 2. The molecule has 2 aromatic rings. The number of aliphatic carboxylic acids is 1. The molecule has 0 aliphatic rings. The molecular weight excluding hydrogens is 334 g/mol. The summed E-state index contributed by atoms with van der Waals surface area (Å²) in [7, 11) is 1.67.